The quantitative estimate of drug-likeness (QED) is 0.160. The highest BCUT2D eigenvalue weighted by Crippen LogP contribution is 2.36. The summed E-state index contributed by atoms with van der Waals surface area (Å²) in [6.45, 7) is -1.44. The van der Waals surface area contributed by atoms with Gasteiger partial charge in [0.2, 0.25) is 10.0 Å². The van der Waals surface area contributed by atoms with Crippen LogP contribution >= 0.6 is 0 Å². The van der Waals surface area contributed by atoms with Gasteiger partial charge in [-0.3, -0.25) is 4.90 Å². The van der Waals surface area contributed by atoms with Crippen LogP contribution in [0.1, 0.15) is 42.3 Å². The van der Waals surface area contributed by atoms with Gasteiger partial charge in [0, 0.05) is 31.7 Å². The first-order valence-electron chi connectivity index (χ1n) is 13.6. The third kappa shape index (κ3) is 8.39. The second-order valence-electron chi connectivity index (χ2n) is 10.1. The smallest absolute Gasteiger partial charge is 0.432 e. The number of primary sulfonamides is 1. The van der Waals surface area contributed by atoms with E-state index in [9.17, 15) is 34.8 Å². The van der Waals surface area contributed by atoms with Crippen molar-refractivity contribution in [3.63, 3.8) is 0 Å². The van der Waals surface area contributed by atoms with E-state index in [0.717, 1.165) is 12.1 Å². The van der Waals surface area contributed by atoms with Crippen molar-refractivity contribution in [3.05, 3.63) is 101 Å². The SMILES string of the molecule is CCCCn1c(-c2ccccc2)nc(C(F)(F)F)c1CN(Cc1ccc(S(N)(=O)=O)cc1)Cc1ccc(OC(F)F)c(F)c1. The summed E-state index contributed by atoms with van der Waals surface area (Å²) >= 11 is 0. The predicted octanol–water partition coefficient (Wildman–Crippen LogP) is 6.96. The van der Waals surface area contributed by atoms with Crippen LogP contribution in [0.2, 0.25) is 0 Å². The summed E-state index contributed by atoms with van der Waals surface area (Å²) in [5.41, 5.74) is 0.147. The van der Waals surface area contributed by atoms with E-state index in [-0.39, 0.29) is 48.2 Å². The largest absolute Gasteiger partial charge is 0.435 e. The first-order valence-corrected chi connectivity index (χ1v) is 15.1. The van der Waals surface area contributed by atoms with Crippen molar-refractivity contribution in [2.24, 2.45) is 5.14 Å². The van der Waals surface area contributed by atoms with Gasteiger partial charge < -0.3 is 9.30 Å². The summed E-state index contributed by atoms with van der Waals surface area (Å²) in [7, 11) is -3.98. The molecule has 0 bridgehead atoms. The average Bonchev–Trinajstić information content (AvgIpc) is 3.32. The van der Waals surface area contributed by atoms with E-state index in [1.165, 1.54) is 30.3 Å². The first kappa shape index (κ1) is 33.0. The van der Waals surface area contributed by atoms with Crippen molar-refractivity contribution in [3.8, 4) is 17.1 Å². The molecule has 0 amide bonds. The molecule has 0 unspecified atom stereocenters. The van der Waals surface area contributed by atoms with Crippen LogP contribution in [0.3, 0.4) is 0 Å². The zero-order valence-electron chi connectivity index (χ0n) is 23.6. The summed E-state index contributed by atoms with van der Waals surface area (Å²) in [4.78, 5) is 5.50. The number of imidazole rings is 1. The maximum Gasteiger partial charge on any atom is 0.435 e. The fraction of sp³-hybridized carbons (Fsp3) is 0.300. The Hall–Kier alpha value is -3.88. The number of hydrogen-bond acceptors (Lipinski definition) is 5. The molecule has 2 N–H and O–H groups in total. The lowest BCUT2D eigenvalue weighted by Crippen LogP contribution is -2.26. The van der Waals surface area contributed by atoms with Gasteiger partial charge in [0.05, 0.1) is 10.6 Å². The number of rotatable bonds is 13. The summed E-state index contributed by atoms with van der Waals surface area (Å²) in [6.07, 6.45) is -3.51. The highest BCUT2D eigenvalue weighted by atomic mass is 32.2. The van der Waals surface area contributed by atoms with Gasteiger partial charge in [-0.05, 0) is 41.8 Å². The fourth-order valence-electron chi connectivity index (χ4n) is 4.75. The van der Waals surface area contributed by atoms with E-state index < -0.39 is 40.1 Å². The zero-order valence-corrected chi connectivity index (χ0v) is 24.4. The van der Waals surface area contributed by atoms with E-state index >= 15 is 0 Å². The Morgan fingerprint density at radius 3 is 2.16 bits per heavy atom. The maximum atomic E-state index is 14.6. The van der Waals surface area contributed by atoms with Gasteiger partial charge in [-0.15, -0.1) is 0 Å². The average molecular weight is 641 g/mol. The van der Waals surface area contributed by atoms with E-state index in [4.69, 9.17) is 5.14 Å². The van der Waals surface area contributed by atoms with E-state index in [1.807, 2.05) is 6.92 Å². The third-order valence-corrected chi connectivity index (χ3v) is 7.69. The van der Waals surface area contributed by atoms with E-state index in [1.54, 1.807) is 39.8 Å². The van der Waals surface area contributed by atoms with Crippen LogP contribution in [0.4, 0.5) is 26.3 Å². The van der Waals surface area contributed by atoms with Crippen LogP contribution in [-0.4, -0.2) is 29.5 Å². The molecule has 14 heteroatoms. The van der Waals surface area contributed by atoms with Gasteiger partial charge in [-0.2, -0.15) is 22.0 Å². The first-order chi connectivity index (χ1) is 20.8. The van der Waals surface area contributed by atoms with Crippen molar-refractivity contribution in [2.75, 3.05) is 0 Å². The van der Waals surface area contributed by atoms with Crippen molar-refractivity contribution in [1.82, 2.24) is 14.5 Å². The Balaban J connectivity index is 1.79. The lowest BCUT2D eigenvalue weighted by molar-refractivity contribution is -0.141. The van der Waals surface area contributed by atoms with Gasteiger partial charge in [0.15, 0.2) is 17.3 Å². The molecule has 4 rings (SSSR count). The number of hydrogen-bond donors (Lipinski definition) is 1. The number of alkyl halides is 5. The minimum Gasteiger partial charge on any atom is -0.432 e. The van der Waals surface area contributed by atoms with Crippen molar-refractivity contribution in [2.45, 2.75) is 63.6 Å². The van der Waals surface area contributed by atoms with Crippen LogP contribution in [0.5, 0.6) is 5.75 Å². The second-order valence-corrected chi connectivity index (χ2v) is 11.6. The van der Waals surface area contributed by atoms with Gasteiger partial charge in [-0.25, -0.2) is 22.9 Å². The van der Waals surface area contributed by atoms with Crippen molar-refractivity contribution < 1.29 is 39.5 Å². The predicted molar refractivity (Wildman–Crippen MR) is 151 cm³/mol. The van der Waals surface area contributed by atoms with Crippen LogP contribution in [0.25, 0.3) is 11.4 Å². The number of aromatic nitrogens is 2. The number of halogens is 6. The highest BCUT2D eigenvalue weighted by molar-refractivity contribution is 7.89. The molecule has 0 aliphatic heterocycles. The van der Waals surface area contributed by atoms with Crippen molar-refractivity contribution >= 4 is 10.0 Å². The van der Waals surface area contributed by atoms with Gasteiger partial charge in [0.25, 0.3) is 0 Å². The number of nitrogens with two attached hydrogens (primary N) is 1. The molecule has 1 heterocycles. The Morgan fingerprint density at radius 1 is 0.955 bits per heavy atom. The molecule has 7 nitrogen and oxygen atoms in total. The van der Waals surface area contributed by atoms with E-state index in [2.05, 4.69) is 9.72 Å². The Kier molecular flexibility index (Phi) is 10.4. The normalized spacial score (nSPS) is 12.3. The second kappa shape index (κ2) is 13.8. The summed E-state index contributed by atoms with van der Waals surface area (Å²) in [5.74, 6) is -1.58. The molecular weight excluding hydrogens is 610 g/mol. The lowest BCUT2D eigenvalue weighted by Gasteiger charge is -2.25. The molecule has 0 aliphatic rings. The Morgan fingerprint density at radius 2 is 1.59 bits per heavy atom. The molecule has 0 spiro atoms. The maximum absolute atomic E-state index is 14.6. The lowest BCUT2D eigenvalue weighted by atomic mass is 10.1. The number of unbranched alkanes of at least 4 members (excludes halogenated alkanes) is 1. The van der Waals surface area contributed by atoms with Gasteiger partial charge >= 0.3 is 12.8 Å². The fourth-order valence-corrected chi connectivity index (χ4v) is 5.27. The molecule has 0 atom stereocenters. The van der Waals surface area contributed by atoms with Gasteiger partial charge in [-0.1, -0.05) is 61.9 Å². The molecule has 0 fully saturated rings. The van der Waals surface area contributed by atoms with E-state index in [0.29, 0.717) is 24.0 Å². The third-order valence-electron chi connectivity index (χ3n) is 6.76. The van der Waals surface area contributed by atoms with Crippen LogP contribution < -0.4 is 9.88 Å². The van der Waals surface area contributed by atoms with Crippen LogP contribution in [-0.2, 0) is 42.4 Å². The summed E-state index contributed by atoms with van der Waals surface area (Å²) in [6, 6.07) is 17.3. The Bertz CT molecular complexity index is 1660. The standard InChI is InChI=1S/C30H30F6N4O3S/c1-2-3-15-40-25(27(30(34,35)36)38-28(40)22-7-5-4-6-8-22)19-39(17-20-9-12-23(13-10-20)44(37,41)42)18-21-11-14-26(24(31)16-21)43-29(32)33/h4-14,16,29H,2-3,15,17-19H2,1H3,(H2,37,41,42). The number of nitrogens with zero attached hydrogens (tertiary/aromatic N) is 3. The zero-order chi connectivity index (χ0) is 32.1. The molecule has 44 heavy (non-hydrogen) atoms. The molecule has 236 valence electrons. The van der Waals surface area contributed by atoms with Crippen LogP contribution in [0, 0.1) is 5.82 Å². The molecule has 3 aromatic carbocycles. The number of ether oxygens (including phenoxy) is 1. The van der Waals surface area contributed by atoms with Gasteiger partial charge in [0.1, 0.15) is 5.82 Å². The summed E-state index contributed by atoms with van der Waals surface area (Å²) in [5, 5.41) is 5.19. The summed E-state index contributed by atoms with van der Waals surface area (Å²) < 4.78 is 112. The monoisotopic (exact) mass is 640 g/mol. The highest BCUT2D eigenvalue weighted by Gasteiger charge is 2.39. The Labute approximate surface area is 250 Å². The molecule has 0 radical (unpaired) electrons. The minimum absolute atomic E-state index is 0.0126. The topological polar surface area (TPSA) is 90.5 Å². The van der Waals surface area contributed by atoms with Crippen molar-refractivity contribution in [1.29, 1.82) is 0 Å². The molecule has 0 saturated carbocycles. The number of sulfonamides is 1. The minimum atomic E-state index is -4.79. The molecule has 0 saturated heterocycles. The molecule has 1 aromatic heterocycles. The molecule has 4 aromatic rings. The van der Waals surface area contributed by atoms with Crippen LogP contribution in [0.15, 0.2) is 77.7 Å². The molecular formula is C30H30F6N4O3S. The molecule has 0 aliphatic carbocycles. The number of benzene rings is 3.